The van der Waals surface area contributed by atoms with Crippen LogP contribution in [0.5, 0.6) is 17.2 Å². The number of carbonyl (C=O) groups excluding carboxylic acids is 1. The third-order valence-electron chi connectivity index (χ3n) is 4.87. The quantitative estimate of drug-likeness (QED) is 0.630. The van der Waals surface area contributed by atoms with Crippen molar-refractivity contribution in [3.8, 4) is 17.2 Å². The first kappa shape index (κ1) is 20.6. The van der Waals surface area contributed by atoms with E-state index in [2.05, 4.69) is 4.74 Å². The normalized spacial score (nSPS) is 16.4. The number of hydrogen-bond donors (Lipinski definition) is 0. The number of methoxy groups -OCH3 is 2. The molecule has 1 aliphatic heterocycles. The van der Waals surface area contributed by atoms with Crippen LogP contribution in [0.3, 0.4) is 0 Å². The SMILES string of the molecule is COc1ccc(OC)c(C2CCCN2C(=O)/C=C/c2ccccc2OC(F)F)c1. The van der Waals surface area contributed by atoms with Crippen LogP contribution in [0.4, 0.5) is 8.78 Å². The molecule has 3 rings (SSSR count). The van der Waals surface area contributed by atoms with Gasteiger partial charge in [0, 0.05) is 23.7 Å². The van der Waals surface area contributed by atoms with E-state index < -0.39 is 6.61 Å². The highest BCUT2D eigenvalue weighted by Gasteiger charge is 2.31. The molecule has 2 aromatic carbocycles. The van der Waals surface area contributed by atoms with E-state index in [1.807, 2.05) is 18.2 Å². The number of ether oxygens (including phenoxy) is 3. The van der Waals surface area contributed by atoms with Gasteiger partial charge in [0.25, 0.3) is 0 Å². The topological polar surface area (TPSA) is 48.0 Å². The molecule has 0 aromatic heterocycles. The molecule has 5 nitrogen and oxygen atoms in total. The summed E-state index contributed by atoms with van der Waals surface area (Å²) in [5.41, 5.74) is 1.29. The zero-order valence-electron chi connectivity index (χ0n) is 16.3. The average molecular weight is 403 g/mol. The fourth-order valence-electron chi connectivity index (χ4n) is 3.53. The summed E-state index contributed by atoms with van der Waals surface area (Å²) in [6, 6.07) is 11.7. The van der Waals surface area contributed by atoms with Gasteiger partial charge in [-0.1, -0.05) is 18.2 Å². The van der Waals surface area contributed by atoms with Gasteiger partial charge in [-0.2, -0.15) is 8.78 Å². The number of para-hydroxylation sites is 1. The van der Waals surface area contributed by atoms with Crippen LogP contribution < -0.4 is 14.2 Å². The highest BCUT2D eigenvalue weighted by molar-refractivity contribution is 5.92. The lowest BCUT2D eigenvalue weighted by Crippen LogP contribution is -2.29. The fourth-order valence-corrected chi connectivity index (χ4v) is 3.53. The van der Waals surface area contributed by atoms with E-state index in [1.165, 1.54) is 18.2 Å². The fraction of sp³-hybridized carbons (Fsp3) is 0.318. The molecular weight excluding hydrogens is 380 g/mol. The van der Waals surface area contributed by atoms with Crippen LogP contribution in [0, 0.1) is 0 Å². The number of benzene rings is 2. The Morgan fingerprint density at radius 2 is 1.93 bits per heavy atom. The van der Waals surface area contributed by atoms with Crippen molar-refractivity contribution in [3.05, 3.63) is 59.7 Å². The van der Waals surface area contributed by atoms with Crippen LogP contribution in [0.15, 0.2) is 48.5 Å². The molecule has 1 fully saturated rings. The van der Waals surface area contributed by atoms with Crippen molar-refractivity contribution >= 4 is 12.0 Å². The van der Waals surface area contributed by atoms with Gasteiger partial charge in [-0.3, -0.25) is 4.79 Å². The summed E-state index contributed by atoms with van der Waals surface area (Å²) in [7, 11) is 3.18. The summed E-state index contributed by atoms with van der Waals surface area (Å²) < 4.78 is 40.4. The predicted octanol–water partition coefficient (Wildman–Crippen LogP) is 4.68. The minimum Gasteiger partial charge on any atom is -0.497 e. The molecule has 1 unspecified atom stereocenters. The van der Waals surface area contributed by atoms with Gasteiger partial charge in [-0.15, -0.1) is 0 Å². The van der Waals surface area contributed by atoms with Crippen molar-refractivity contribution < 1.29 is 27.8 Å². The lowest BCUT2D eigenvalue weighted by Gasteiger charge is -2.25. The summed E-state index contributed by atoms with van der Waals surface area (Å²) >= 11 is 0. The molecule has 2 aromatic rings. The molecule has 1 amide bonds. The molecule has 1 saturated heterocycles. The number of rotatable bonds is 7. The molecule has 0 bridgehead atoms. The first-order valence-corrected chi connectivity index (χ1v) is 9.28. The summed E-state index contributed by atoms with van der Waals surface area (Å²) in [5, 5.41) is 0. The largest absolute Gasteiger partial charge is 0.497 e. The molecule has 0 radical (unpaired) electrons. The highest BCUT2D eigenvalue weighted by atomic mass is 19.3. The van der Waals surface area contributed by atoms with E-state index in [1.54, 1.807) is 37.3 Å². The van der Waals surface area contributed by atoms with E-state index in [0.29, 0.717) is 23.6 Å². The highest BCUT2D eigenvalue weighted by Crippen LogP contribution is 2.39. The molecule has 1 atom stereocenters. The lowest BCUT2D eigenvalue weighted by molar-refractivity contribution is -0.126. The molecular formula is C22H23F2NO4. The van der Waals surface area contributed by atoms with E-state index in [0.717, 1.165) is 18.4 Å². The van der Waals surface area contributed by atoms with Crippen molar-refractivity contribution in [2.45, 2.75) is 25.5 Å². The number of likely N-dealkylation sites (tertiary alicyclic amines) is 1. The molecule has 1 aliphatic rings. The predicted molar refractivity (Wildman–Crippen MR) is 105 cm³/mol. The first-order valence-electron chi connectivity index (χ1n) is 9.28. The van der Waals surface area contributed by atoms with E-state index in [4.69, 9.17) is 9.47 Å². The van der Waals surface area contributed by atoms with Gasteiger partial charge in [0.15, 0.2) is 0 Å². The van der Waals surface area contributed by atoms with Gasteiger partial charge < -0.3 is 19.1 Å². The Labute approximate surface area is 168 Å². The average Bonchev–Trinajstić information content (AvgIpc) is 3.21. The Bertz CT molecular complexity index is 885. The second-order valence-electron chi connectivity index (χ2n) is 6.55. The molecule has 0 saturated carbocycles. The first-order chi connectivity index (χ1) is 14.0. The van der Waals surface area contributed by atoms with Crippen LogP contribution in [-0.4, -0.2) is 38.2 Å². The maximum absolute atomic E-state index is 12.9. The van der Waals surface area contributed by atoms with Gasteiger partial charge in [0.05, 0.1) is 20.3 Å². The van der Waals surface area contributed by atoms with Crippen molar-refractivity contribution in [1.82, 2.24) is 4.90 Å². The van der Waals surface area contributed by atoms with Crippen molar-refractivity contribution in [2.24, 2.45) is 0 Å². The smallest absolute Gasteiger partial charge is 0.387 e. The zero-order chi connectivity index (χ0) is 20.8. The van der Waals surface area contributed by atoms with Gasteiger partial charge in [0.2, 0.25) is 5.91 Å². The van der Waals surface area contributed by atoms with E-state index in [9.17, 15) is 13.6 Å². The Kier molecular flexibility index (Phi) is 6.69. The van der Waals surface area contributed by atoms with Crippen LogP contribution in [0.1, 0.15) is 30.0 Å². The van der Waals surface area contributed by atoms with Crippen LogP contribution in [0.25, 0.3) is 6.08 Å². The van der Waals surface area contributed by atoms with E-state index >= 15 is 0 Å². The Morgan fingerprint density at radius 1 is 1.14 bits per heavy atom. The Balaban J connectivity index is 1.82. The zero-order valence-corrected chi connectivity index (χ0v) is 16.3. The van der Waals surface area contributed by atoms with Crippen molar-refractivity contribution in [2.75, 3.05) is 20.8 Å². The number of amides is 1. The number of halogens is 2. The minimum absolute atomic E-state index is 0.0268. The maximum atomic E-state index is 12.9. The maximum Gasteiger partial charge on any atom is 0.387 e. The van der Waals surface area contributed by atoms with Crippen LogP contribution >= 0.6 is 0 Å². The summed E-state index contributed by atoms with van der Waals surface area (Å²) in [5.74, 6) is 1.20. The van der Waals surface area contributed by atoms with Crippen LogP contribution in [0.2, 0.25) is 0 Å². The minimum atomic E-state index is -2.93. The van der Waals surface area contributed by atoms with Gasteiger partial charge in [0.1, 0.15) is 17.2 Å². The third-order valence-corrected chi connectivity index (χ3v) is 4.87. The second kappa shape index (κ2) is 9.41. The third kappa shape index (κ3) is 4.85. The molecule has 0 spiro atoms. The molecule has 0 aliphatic carbocycles. The van der Waals surface area contributed by atoms with E-state index in [-0.39, 0.29) is 17.7 Å². The van der Waals surface area contributed by atoms with Gasteiger partial charge in [-0.05, 0) is 43.2 Å². The van der Waals surface area contributed by atoms with Gasteiger partial charge >= 0.3 is 6.61 Å². The summed E-state index contributed by atoms with van der Waals surface area (Å²) in [6.45, 7) is -2.33. The molecule has 1 heterocycles. The Morgan fingerprint density at radius 3 is 2.66 bits per heavy atom. The monoisotopic (exact) mass is 403 g/mol. The standard InChI is InChI=1S/C22H23F2NO4/c1-27-16-10-11-20(28-2)17(14-16)18-7-5-13-25(18)21(26)12-9-15-6-3-4-8-19(15)29-22(23)24/h3-4,6,8-12,14,18,22H,5,7,13H2,1-2H3/b12-9+. The molecule has 0 N–H and O–H groups in total. The van der Waals surface area contributed by atoms with Crippen molar-refractivity contribution in [1.29, 1.82) is 0 Å². The number of hydrogen-bond acceptors (Lipinski definition) is 4. The molecule has 7 heteroatoms. The van der Waals surface area contributed by atoms with Crippen molar-refractivity contribution in [3.63, 3.8) is 0 Å². The molecule has 29 heavy (non-hydrogen) atoms. The van der Waals surface area contributed by atoms with Gasteiger partial charge in [-0.25, -0.2) is 0 Å². The second-order valence-corrected chi connectivity index (χ2v) is 6.55. The number of nitrogens with zero attached hydrogens (tertiary/aromatic N) is 1. The summed E-state index contributed by atoms with van der Waals surface area (Å²) in [4.78, 5) is 14.6. The Hall–Kier alpha value is -3.09. The lowest BCUT2D eigenvalue weighted by atomic mass is 10.0. The summed E-state index contributed by atoms with van der Waals surface area (Å²) in [6.07, 6.45) is 4.54. The number of alkyl halides is 2. The number of carbonyl (C=O) groups is 1. The molecule has 154 valence electrons. The van der Waals surface area contributed by atoms with Crippen LogP contribution in [-0.2, 0) is 4.79 Å².